The SMILES string of the molecule is C=CCCCCCCCC(=O)N1CCC(N2CCC(C(C)=O)CC2)CC1. The van der Waals surface area contributed by atoms with Crippen molar-refractivity contribution in [2.75, 3.05) is 26.2 Å². The molecule has 0 aromatic heterocycles. The van der Waals surface area contributed by atoms with Crippen LogP contribution in [0.15, 0.2) is 12.7 Å². The lowest BCUT2D eigenvalue weighted by Crippen LogP contribution is -2.49. The van der Waals surface area contributed by atoms with Crippen molar-refractivity contribution in [1.82, 2.24) is 9.80 Å². The lowest BCUT2D eigenvalue weighted by molar-refractivity contribution is -0.133. The standard InChI is InChI=1S/C22H38N2O2/c1-3-4-5-6-7-8-9-10-22(26)24-17-13-21(14-18-24)23-15-11-20(12-16-23)19(2)25/h3,20-21H,1,4-18H2,2H3. The van der Waals surface area contributed by atoms with Gasteiger partial charge in [-0.15, -0.1) is 6.58 Å². The number of Topliss-reactive ketones (excluding diaryl/α,β-unsaturated/α-hetero) is 1. The molecule has 0 unspecified atom stereocenters. The number of ketones is 1. The minimum absolute atomic E-state index is 0.282. The van der Waals surface area contributed by atoms with Gasteiger partial charge >= 0.3 is 0 Å². The number of amides is 1. The quantitative estimate of drug-likeness (QED) is 0.432. The van der Waals surface area contributed by atoms with Gasteiger partial charge in [-0.3, -0.25) is 9.59 Å². The molecule has 0 spiro atoms. The summed E-state index contributed by atoms with van der Waals surface area (Å²) in [6, 6.07) is 0.608. The minimum atomic E-state index is 0.282. The Labute approximate surface area is 160 Å². The second kappa shape index (κ2) is 11.5. The molecule has 26 heavy (non-hydrogen) atoms. The van der Waals surface area contributed by atoms with E-state index >= 15 is 0 Å². The van der Waals surface area contributed by atoms with Crippen LogP contribution in [0, 0.1) is 5.92 Å². The van der Waals surface area contributed by atoms with Crippen LogP contribution in [0.3, 0.4) is 0 Å². The fraction of sp³-hybridized carbons (Fsp3) is 0.818. The summed E-state index contributed by atoms with van der Waals surface area (Å²) in [6.45, 7) is 9.40. The smallest absolute Gasteiger partial charge is 0.222 e. The van der Waals surface area contributed by atoms with E-state index in [1.807, 2.05) is 6.08 Å². The molecule has 0 radical (unpaired) electrons. The van der Waals surface area contributed by atoms with Crippen LogP contribution in [0.5, 0.6) is 0 Å². The molecule has 0 N–H and O–H groups in total. The normalized spacial score (nSPS) is 20.3. The third-order valence-electron chi connectivity index (χ3n) is 6.24. The molecule has 0 atom stereocenters. The molecule has 2 aliphatic heterocycles. The Morgan fingerprint density at radius 2 is 1.54 bits per heavy atom. The Balaban J connectivity index is 1.57. The zero-order chi connectivity index (χ0) is 18.8. The molecule has 2 heterocycles. The van der Waals surface area contributed by atoms with Crippen molar-refractivity contribution < 1.29 is 9.59 Å². The lowest BCUT2D eigenvalue weighted by atomic mass is 9.91. The first kappa shape index (κ1) is 21.1. The fourth-order valence-electron chi connectivity index (χ4n) is 4.40. The molecule has 2 aliphatic rings. The molecule has 2 rings (SSSR count). The molecule has 0 aromatic rings. The summed E-state index contributed by atoms with van der Waals surface area (Å²) in [5.41, 5.74) is 0. The van der Waals surface area contributed by atoms with Gasteiger partial charge < -0.3 is 9.80 Å². The highest BCUT2D eigenvalue weighted by atomic mass is 16.2. The van der Waals surface area contributed by atoms with Gasteiger partial charge in [-0.1, -0.05) is 25.3 Å². The topological polar surface area (TPSA) is 40.6 Å². The first-order chi connectivity index (χ1) is 12.6. The maximum absolute atomic E-state index is 12.4. The van der Waals surface area contributed by atoms with E-state index in [1.54, 1.807) is 6.92 Å². The summed E-state index contributed by atoms with van der Waals surface area (Å²) >= 11 is 0. The molecule has 4 nitrogen and oxygen atoms in total. The fourth-order valence-corrected chi connectivity index (χ4v) is 4.40. The molecule has 4 heteroatoms. The highest BCUT2D eigenvalue weighted by Crippen LogP contribution is 2.24. The van der Waals surface area contributed by atoms with Crippen LogP contribution in [0.25, 0.3) is 0 Å². The highest BCUT2D eigenvalue weighted by Gasteiger charge is 2.30. The molecule has 2 fully saturated rings. The maximum atomic E-state index is 12.4. The number of unbranched alkanes of at least 4 members (excludes halogenated alkanes) is 5. The number of likely N-dealkylation sites (tertiary alicyclic amines) is 2. The molecule has 0 saturated carbocycles. The lowest BCUT2D eigenvalue weighted by Gasteiger charge is -2.41. The van der Waals surface area contributed by atoms with Gasteiger partial charge in [-0.25, -0.2) is 0 Å². The van der Waals surface area contributed by atoms with Gasteiger partial charge in [-0.2, -0.15) is 0 Å². The monoisotopic (exact) mass is 362 g/mol. The van der Waals surface area contributed by atoms with E-state index in [1.165, 1.54) is 25.7 Å². The van der Waals surface area contributed by atoms with Gasteiger partial charge in [0.05, 0.1) is 0 Å². The van der Waals surface area contributed by atoms with Crippen LogP contribution in [0.2, 0.25) is 0 Å². The van der Waals surface area contributed by atoms with Crippen molar-refractivity contribution in [3.63, 3.8) is 0 Å². The number of hydrogen-bond donors (Lipinski definition) is 0. The Kier molecular flexibility index (Phi) is 9.38. The van der Waals surface area contributed by atoms with E-state index in [-0.39, 0.29) is 5.92 Å². The summed E-state index contributed by atoms with van der Waals surface area (Å²) in [5, 5.41) is 0. The Bertz CT molecular complexity index is 447. The Morgan fingerprint density at radius 3 is 2.15 bits per heavy atom. The summed E-state index contributed by atoms with van der Waals surface area (Å²) in [6.07, 6.45) is 14.0. The zero-order valence-corrected chi connectivity index (χ0v) is 16.8. The summed E-state index contributed by atoms with van der Waals surface area (Å²) in [5.74, 6) is 0.986. The number of carbonyl (C=O) groups is 2. The molecular formula is C22H38N2O2. The van der Waals surface area contributed by atoms with E-state index in [9.17, 15) is 9.59 Å². The van der Waals surface area contributed by atoms with Gasteiger partial charge in [0.25, 0.3) is 0 Å². The number of piperidine rings is 2. The summed E-state index contributed by atoms with van der Waals surface area (Å²) in [7, 11) is 0. The van der Waals surface area contributed by atoms with Crippen LogP contribution in [-0.2, 0) is 9.59 Å². The molecule has 0 aliphatic carbocycles. The van der Waals surface area contributed by atoms with Crippen molar-refractivity contribution in [2.24, 2.45) is 5.92 Å². The van der Waals surface area contributed by atoms with E-state index in [0.29, 0.717) is 17.7 Å². The van der Waals surface area contributed by atoms with E-state index in [0.717, 1.165) is 71.1 Å². The predicted molar refractivity (Wildman–Crippen MR) is 107 cm³/mol. The third kappa shape index (κ3) is 6.86. The van der Waals surface area contributed by atoms with Crippen LogP contribution < -0.4 is 0 Å². The van der Waals surface area contributed by atoms with Crippen molar-refractivity contribution in [1.29, 1.82) is 0 Å². The third-order valence-corrected chi connectivity index (χ3v) is 6.24. The van der Waals surface area contributed by atoms with Gasteiger partial charge in [-0.05, 0) is 65.0 Å². The molecular weight excluding hydrogens is 324 g/mol. The van der Waals surface area contributed by atoms with Crippen molar-refractivity contribution in [2.45, 2.75) is 83.6 Å². The predicted octanol–water partition coefficient (Wildman–Crippen LogP) is 4.20. The van der Waals surface area contributed by atoms with Gasteiger partial charge in [0.2, 0.25) is 5.91 Å². The van der Waals surface area contributed by atoms with Crippen molar-refractivity contribution >= 4 is 11.7 Å². The van der Waals surface area contributed by atoms with Gasteiger partial charge in [0, 0.05) is 31.5 Å². The zero-order valence-electron chi connectivity index (χ0n) is 16.8. The second-order valence-electron chi connectivity index (χ2n) is 8.13. The van der Waals surface area contributed by atoms with Crippen LogP contribution in [0.1, 0.15) is 77.6 Å². The number of carbonyl (C=O) groups excluding carboxylic acids is 2. The van der Waals surface area contributed by atoms with Crippen molar-refractivity contribution in [3.8, 4) is 0 Å². The Hall–Kier alpha value is -1.16. The number of hydrogen-bond acceptors (Lipinski definition) is 3. The number of rotatable bonds is 10. The average Bonchev–Trinajstić information content (AvgIpc) is 2.67. The summed E-state index contributed by atoms with van der Waals surface area (Å²) in [4.78, 5) is 28.5. The average molecular weight is 363 g/mol. The van der Waals surface area contributed by atoms with Crippen LogP contribution in [0.4, 0.5) is 0 Å². The highest BCUT2D eigenvalue weighted by molar-refractivity contribution is 5.78. The van der Waals surface area contributed by atoms with Gasteiger partial charge in [0.1, 0.15) is 5.78 Å². The van der Waals surface area contributed by atoms with E-state index in [4.69, 9.17) is 0 Å². The molecule has 148 valence electrons. The van der Waals surface area contributed by atoms with Crippen LogP contribution >= 0.6 is 0 Å². The molecule has 1 amide bonds. The number of nitrogens with zero attached hydrogens (tertiary/aromatic N) is 2. The van der Waals surface area contributed by atoms with Gasteiger partial charge in [0.15, 0.2) is 0 Å². The van der Waals surface area contributed by atoms with E-state index < -0.39 is 0 Å². The maximum Gasteiger partial charge on any atom is 0.222 e. The summed E-state index contributed by atoms with van der Waals surface area (Å²) < 4.78 is 0. The molecule has 0 aromatic carbocycles. The molecule has 0 bridgehead atoms. The first-order valence-corrected chi connectivity index (χ1v) is 10.7. The second-order valence-corrected chi connectivity index (χ2v) is 8.13. The first-order valence-electron chi connectivity index (χ1n) is 10.7. The van der Waals surface area contributed by atoms with Crippen molar-refractivity contribution in [3.05, 3.63) is 12.7 Å². The molecule has 2 saturated heterocycles. The number of allylic oxidation sites excluding steroid dienone is 1. The Morgan fingerprint density at radius 1 is 0.923 bits per heavy atom. The minimum Gasteiger partial charge on any atom is -0.343 e. The van der Waals surface area contributed by atoms with E-state index in [2.05, 4.69) is 16.4 Å². The largest absolute Gasteiger partial charge is 0.343 e. The van der Waals surface area contributed by atoms with Crippen LogP contribution in [-0.4, -0.2) is 53.7 Å².